The standard InChI is InChI=1S/C23H30N2O4S/c1-4-25(30(27,28)19-13-14-22(29-5-2)17(3)15-19)16-23(26)24-21-12-8-10-18-9-6-7-11-20(18)21/h6-7,9,11,13-15,21H,4-5,8,10,12,16H2,1-3H3,(H,24,26)/t21-/m0/s1. The number of likely N-dealkylation sites (N-methyl/N-ethyl adjacent to an activating group) is 1. The van der Waals surface area contributed by atoms with Crippen LogP contribution in [0.15, 0.2) is 47.4 Å². The molecule has 0 saturated carbocycles. The highest BCUT2D eigenvalue weighted by Crippen LogP contribution is 2.29. The molecule has 1 N–H and O–H groups in total. The Labute approximate surface area is 179 Å². The number of aryl methyl sites for hydroxylation is 2. The van der Waals surface area contributed by atoms with Crippen molar-refractivity contribution in [2.24, 2.45) is 0 Å². The summed E-state index contributed by atoms with van der Waals surface area (Å²) in [7, 11) is -3.78. The van der Waals surface area contributed by atoms with Gasteiger partial charge in [0.2, 0.25) is 15.9 Å². The van der Waals surface area contributed by atoms with Crippen LogP contribution in [-0.2, 0) is 21.2 Å². The van der Waals surface area contributed by atoms with Crippen LogP contribution >= 0.6 is 0 Å². The number of nitrogens with one attached hydrogen (secondary N) is 1. The van der Waals surface area contributed by atoms with Crippen molar-refractivity contribution in [3.8, 4) is 5.75 Å². The molecule has 162 valence electrons. The number of hydrogen-bond acceptors (Lipinski definition) is 4. The van der Waals surface area contributed by atoms with E-state index in [4.69, 9.17) is 4.74 Å². The summed E-state index contributed by atoms with van der Waals surface area (Å²) >= 11 is 0. The third kappa shape index (κ3) is 4.84. The van der Waals surface area contributed by atoms with Gasteiger partial charge in [0.1, 0.15) is 5.75 Å². The molecule has 6 nitrogen and oxygen atoms in total. The van der Waals surface area contributed by atoms with Crippen molar-refractivity contribution in [2.75, 3.05) is 19.7 Å². The average molecular weight is 431 g/mol. The fourth-order valence-corrected chi connectivity index (χ4v) is 5.41. The van der Waals surface area contributed by atoms with Gasteiger partial charge in [-0.1, -0.05) is 31.2 Å². The Morgan fingerprint density at radius 3 is 2.67 bits per heavy atom. The summed E-state index contributed by atoms with van der Waals surface area (Å²) in [5.41, 5.74) is 3.13. The van der Waals surface area contributed by atoms with Crippen LogP contribution in [0.3, 0.4) is 0 Å². The van der Waals surface area contributed by atoms with Crippen LogP contribution in [0.1, 0.15) is 49.4 Å². The minimum absolute atomic E-state index is 0.0726. The van der Waals surface area contributed by atoms with E-state index in [1.54, 1.807) is 19.1 Å². The number of carbonyl (C=O) groups excluding carboxylic acids is 1. The van der Waals surface area contributed by atoms with Crippen molar-refractivity contribution in [1.82, 2.24) is 9.62 Å². The summed E-state index contributed by atoms with van der Waals surface area (Å²) in [4.78, 5) is 12.9. The van der Waals surface area contributed by atoms with Crippen LogP contribution < -0.4 is 10.1 Å². The number of carbonyl (C=O) groups is 1. The normalized spacial score (nSPS) is 16.2. The molecule has 30 heavy (non-hydrogen) atoms. The van der Waals surface area contributed by atoms with Crippen molar-refractivity contribution in [2.45, 2.75) is 51.0 Å². The van der Waals surface area contributed by atoms with E-state index in [0.29, 0.717) is 12.4 Å². The molecule has 0 spiro atoms. The largest absolute Gasteiger partial charge is 0.494 e. The molecule has 0 unspecified atom stereocenters. The van der Waals surface area contributed by atoms with Crippen LogP contribution in [0, 0.1) is 6.92 Å². The third-order valence-electron chi connectivity index (χ3n) is 5.46. The zero-order valence-electron chi connectivity index (χ0n) is 17.8. The number of benzene rings is 2. The second-order valence-corrected chi connectivity index (χ2v) is 9.44. The number of hydrogen-bond donors (Lipinski definition) is 1. The van der Waals surface area contributed by atoms with Gasteiger partial charge in [-0.3, -0.25) is 4.79 Å². The Morgan fingerprint density at radius 1 is 1.20 bits per heavy atom. The molecule has 1 atom stereocenters. The summed E-state index contributed by atoms with van der Waals surface area (Å²) in [6.07, 6.45) is 2.87. The van der Waals surface area contributed by atoms with Gasteiger partial charge in [0.05, 0.1) is 24.1 Å². The van der Waals surface area contributed by atoms with E-state index in [-0.39, 0.29) is 29.9 Å². The molecule has 0 bridgehead atoms. The molecule has 0 heterocycles. The molecule has 2 aromatic carbocycles. The molecule has 0 aliphatic heterocycles. The lowest BCUT2D eigenvalue weighted by molar-refractivity contribution is -0.122. The SMILES string of the molecule is CCOc1ccc(S(=O)(=O)N(CC)CC(=O)N[C@H]2CCCc3ccccc32)cc1C. The van der Waals surface area contributed by atoms with Crippen molar-refractivity contribution in [3.63, 3.8) is 0 Å². The van der Waals surface area contributed by atoms with E-state index < -0.39 is 10.0 Å². The lowest BCUT2D eigenvalue weighted by Crippen LogP contribution is -2.42. The van der Waals surface area contributed by atoms with Crippen LogP contribution in [0.5, 0.6) is 5.75 Å². The van der Waals surface area contributed by atoms with E-state index >= 15 is 0 Å². The highest BCUT2D eigenvalue weighted by atomic mass is 32.2. The summed E-state index contributed by atoms with van der Waals surface area (Å²) in [5, 5.41) is 3.04. The maximum absolute atomic E-state index is 13.1. The fourth-order valence-electron chi connectivity index (χ4n) is 3.92. The Hall–Kier alpha value is -2.38. The lowest BCUT2D eigenvalue weighted by atomic mass is 9.88. The minimum Gasteiger partial charge on any atom is -0.494 e. The molecule has 0 fully saturated rings. The van der Waals surface area contributed by atoms with Crippen LogP contribution in [-0.4, -0.2) is 38.3 Å². The number of rotatable bonds is 8. The molecule has 1 amide bonds. The van der Waals surface area contributed by atoms with E-state index in [1.807, 2.05) is 32.0 Å². The number of amides is 1. The number of fused-ring (bicyclic) bond motifs is 1. The second kappa shape index (κ2) is 9.62. The predicted molar refractivity (Wildman–Crippen MR) is 117 cm³/mol. The van der Waals surface area contributed by atoms with Gasteiger partial charge < -0.3 is 10.1 Å². The maximum atomic E-state index is 13.1. The van der Waals surface area contributed by atoms with Crippen LogP contribution in [0.4, 0.5) is 0 Å². The maximum Gasteiger partial charge on any atom is 0.243 e. The molecule has 1 aliphatic carbocycles. The molecule has 2 aromatic rings. The molecule has 7 heteroatoms. The summed E-state index contributed by atoms with van der Waals surface area (Å²) in [5.74, 6) is 0.373. The monoisotopic (exact) mass is 430 g/mol. The zero-order valence-corrected chi connectivity index (χ0v) is 18.7. The molecule has 0 radical (unpaired) electrons. The molecular weight excluding hydrogens is 400 g/mol. The molecule has 0 aromatic heterocycles. The first-order chi connectivity index (χ1) is 14.4. The first-order valence-electron chi connectivity index (χ1n) is 10.5. The highest BCUT2D eigenvalue weighted by Gasteiger charge is 2.28. The third-order valence-corrected chi connectivity index (χ3v) is 7.38. The van der Waals surface area contributed by atoms with E-state index in [9.17, 15) is 13.2 Å². The average Bonchev–Trinajstić information content (AvgIpc) is 2.73. The van der Waals surface area contributed by atoms with Gasteiger partial charge in [0, 0.05) is 6.54 Å². The Morgan fingerprint density at radius 2 is 1.97 bits per heavy atom. The van der Waals surface area contributed by atoms with Gasteiger partial charge in [-0.25, -0.2) is 8.42 Å². The molecule has 3 rings (SSSR count). The quantitative estimate of drug-likeness (QED) is 0.694. The topological polar surface area (TPSA) is 75.7 Å². The van der Waals surface area contributed by atoms with E-state index in [2.05, 4.69) is 11.4 Å². The summed E-state index contributed by atoms with van der Waals surface area (Å²) in [6, 6.07) is 12.8. The van der Waals surface area contributed by atoms with Crippen molar-refractivity contribution in [1.29, 1.82) is 0 Å². The zero-order chi connectivity index (χ0) is 21.7. The Kier molecular flexibility index (Phi) is 7.15. The second-order valence-electron chi connectivity index (χ2n) is 7.50. The van der Waals surface area contributed by atoms with Gasteiger partial charge in [0.25, 0.3) is 0 Å². The smallest absolute Gasteiger partial charge is 0.243 e. The van der Waals surface area contributed by atoms with E-state index in [0.717, 1.165) is 30.4 Å². The van der Waals surface area contributed by atoms with Crippen molar-refractivity contribution in [3.05, 3.63) is 59.2 Å². The first kappa shape index (κ1) is 22.3. The van der Waals surface area contributed by atoms with Gasteiger partial charge in [-0.05, 0) is 68.0 Å². The molecular formula is C23H30N2O4S. The van der Waals surface area contributed by atoms with Crippen molar-refractivity contribution >= 4 is 15.9 Å². The summed E-state index contributed by atoms with van der Waals surface area (Å²) in [6.45, 7) is 5.95. The number of ether oxygens (including phenoxy) is 1. The number of nitrogens with zero attached hydrogens (tertiary/aromatic N) is 1. The first-order valence-corrected chi connectivity index (χ1v) is 11.9. The fraction of sp³-hybridized carbons (Fsp3) is 0.435. The van der Waals surface area contributed by atoms with Gasteiger partial charge >= 0.3 is 0 Å². The summed E-state index contributed by atoms with van der Waals surface area (Å²) < 4.78 is 32.9. The Balaban J connectivity index is 1.73. The minimum atomic E-state index is -3.78. The Bertz CT molecular complexity index is 1000. The predicted octanol–water partition coefficient (Wildman–Crippen LogP) is 3.60. The van der Waals surface area contributed by atoms with Gasteiger partial charge in [0.15, 0.2) is 0 Å². The van der Waals surface area contributed by atoms with Gasteiger partial charge in [-0.2, -0.15) is 4.31 Å². The van der Waals surface area contributed by atoms with Crippen LogP contribution in [0.25, 0.3) is 0 Å². The van der Waals surface area contributed by atoms with Crippen LogP contribution in [0.2, 0.25) is 0 Å². The molecule has 1 aliphatic rings. The number of sulfonamides is 1. The van der Waals surface area contributed by atoms with Gasteiger partial charge in [-0.15, -0.1) is 0 Å². The van der Waals surface area contributed by atoms with E-state index in [1.165, 1.54) is 15.9 Å². The lowest BCUT2D eigenvalue weighted by Gasteiger charge is -2.27. The molecule has 0 saturated heterocycles. The highest BCUT2D eigenvalue weighted by molar-refractivity contribution is 7.89. The van der Waals surface area contributed by atoms with Crippen molar-refractivity contribution < 1.29 is 17.9 Å².